The molecule has 2 rings (SSSR count). The number of amides is 2. The van der Waals surface area contributed by atoms with E-state index in [0.29, 0.717) is 29.5 Å². The Morgan fingerprint density at radius 2 is 1.80 bits per heavy atom. The Labute approximate surface area is 123 Å². The first-order valence-electron chi connectivity index (χ1n) is 6.73. The minimum absolute atomic E-state index is 0.352. The van der Waals surface area contributed by atoms with Crippen molar-refractivity contribution in [3.63, 3.8) is 0 Å². The molecule has 1 fully saturated rings. The van der Waals surface area contributed by atoms with Crippen molar-refractivity contribution in [2.75, 3.05) is 24.1 Å². The molecule has 0 bridgehead atoms. The summed E-state index contributed by atoms with van der Waals surface area (Å²) in [5.74, 6) is -1.12. The summed E-state index contributed by atoms with van der Waals surface area (Å²) >= 11 is 5.88. The van der Waals surface area contributed by atoms with Gasteiger partial charge in [-0.3, -0.25) is 9.59 Å². The number of carbonyl (C=O) groups is 2. The standard InChI is InChI=1S/C14H18ClN3O2/c15-11-9-10(5-6-12(11)16)17-13(19)14(20)18-7-3-1-2-4-8-18/h5-6,9H,1-4,7-8,16H2,(H,17,19). The predicted octanol–water partition coefficient (Wildman–Crippen LogP) is 2.26. The van der Waals surface area contributed by atoms with Crippen LogP contribution in [-0.4, -0.2) is 29.8 Å². The summed E-state index contributed by atoms with van der Waals surface area (Å²) in [6, 6.07) is 4.74. The molecule has 20 heavy (non-hydrogen) atoms. The summed E-state index contributed by atoms with van der Waals surface area (Å²) in [6.07, 6.45) is 4.12. The van der Waals surface area contributed by atoms with Crippen molar-refractivity contribution < 1.29 is 9.59 Å². The number of nitrogens with two attached hydrogens (primary N) is 1. The van der Waals surface area contributed by atoms with Crippen molar-refractivity contribution in [1.82, 2.24) is 4.90 Å². The molecule has 1 aromatic carbocycles. The lowest BCUT2D eigenvalue weighted by Crippen LogP contribution is -2.40. The average Bonchev–Trinajstić information content (AvgIpc) is 2.71. The number of rotatable bonds is 1. The number of carbonyl (C=O) groups excluding carboxylic acids is 2. The summed E-state index contributed by atoms with van der Waals surface area (Å²) in [7, 11) is 0. The average molecular weight is 296 g/mol. The van der Waals surface area contributed by atoms with Gasteiger partial charge in [-0.15, -0.1) is 0 Å². The molecular weight excluding hydrogens is 278 g/mol. The van der Waals surface area contributed by atoms with Crippen molar-refractivity contribution in [3.8, 4) is 0 Å². The Morgan fingerprint density at radius 1 is 1.15 bits per heavy atom. The predicted molar refractivity (Wildman–Crippen MR) is 79.5 cm³/mol. The van der Waals surface area contributed by atoms with E-state index in [0.717, 1.165) is 25.7 Å². The maximum Gasteiger partial charge on any atom is 0.313 e. The second kappa shape index (κ2) is 6.61. The van der Waals surface area contributed by atoms with Crippen molar-refractivity contribution in [1.29, 1.82) is 0 Å². The van der Waals surface area contributed by atoms with Crippen LogP contribution in [-0.2, 0) is 9.59 Å². The number of nitrogens with zero attached hydrogens (tertiary/aromatic N) is 1. The number of likely N-dealkylation sites (tertiary alicyclic amines) is 1. The van der Waals surface area contributed by atoms with E-state index in [1.54, 1.807) is 17.0 Å². The number of hydrogen-bond donors (Lipinski definition) is 2. The first-order valence-corrected chi connectivity index (χ1v) is 7.11. The lowest BCUT2D eigenvalue weighted by atomic mass is 10.2. The number of halogens is 1. The van der Waals surface area contributed by atoms with Gasteiger partial charge in [-0.2, -0.15) is 0 Å². The lowest BCUT2D eigenvalue weighted by molar-refractivity contribution is -0.143. The first kappa shape index (κ1) is 14.7. The van der Waals surface area contributed by atoms with E-state index in [1.807, 2.05) is 0 Å². The van der Waals surface area contributed by atoms with E-state index in [1.165, 1.54) is 6.07 Å². The molecule has 0 atom stereocenters. The normalized spacial score (nSPS) is 15.6. The summed E-state index contributed by atoms with van der Waals surface area (Å²) < 4.78 is 0. The Hall–Kier alpha value is -1.75. The van der Waals surface area contributed by atoms with Crippen molar-refractivity contribution in [2.45, 2.75) is 25.7 Å². The van der Waals surface area contributed by atoms with Gasteiger partial charge in [0.25, 0.3) is 0 Å². The van der Waals surface area contributed by atoms with Gasteiger partial charge in [-0.05, 0) is 31.0 Å². The largest absolute Gasteiger partial charge is 0.398 e. The van der Waals surface area contributed by atoms with Gasteiger partial charge < -0.3 is 16.0 Å². The smallest absolute Gasteiger partial charge is 0.313 e. The molecule has 1 aliphatic rings. The van der Waals surface area contributed by atoms with Crippen LogP contribution in [0.4, 0.5) is 11.4 Å². The van der Waals surface area contributed by atoms with E-state index in [4.69, 9.17) is 17.3 Å². The molecule has 0 aromatic heterocycles. The van der Waals surface area contributed by atoms with Crippen LogP contribution in [0, 0.1) is 0 Å². The summed E-state index contributed by atoms with van der Waals surface area (Å²) in [6.45, 7) is 1.30. The fourth-order valence-electron chi connectivity index (χ4n) is 2.21. The monoisotopic (exact) mass is 295 g/mol. The number of hydrogen-bond acceptors (Lipinski definition) is 3. The fraction of sp³-hybridized carbons (Fsp3) is 0.429. The number of benzene rings is 1. The maximum atomic E-state index is 12.1. The number of nitrogens with one attached hydrogen (secondary N) is 1. The van der Waals surface area contributed by atoms with Gasteiger partial charge in [0.15, 0.2) is 0 Å². The van der Waals surface area contributed by atoms with Gasteiger partial charge in [0, 0.05) is 18.8 Å². The van der Waals surface area contributed by atoms with Crippen molar-refractivity contribution in [2.24, 2.45) is 0 Å². The molecule has 1 saturated heterocycles. The Balaban J connectivity index is 1.99. The third-order valence-corrected chi connectivity index (χ3v) is 3.67. The van der Waals surface area contributed by atoms with Crippen molar-refractivity contribution >= 4 is 34.8 Å². The van der Waals surface area contributed by atoms with Crippen LogP contribution in [0.5, 0.6) is 0 Å². The minimum atomic E-state index is -0.632. The van der Waals surface area contributed by atoms with Gasteiger partial charge in [0.05, 0.1) is 10.7 Å². The Kier molecular flexibility index (Phi) is 4.84. The molecule has 0 radical (unpaired) electrons. The van der Waals surface area contributed by atoms with Crippen LogP contribution < -0.4 is 11.1 Å². The summed E-state index contributed by atoms with van der Waals surface area (Å²) in [5.41, 5.74) is 6.50. The summed E-state index contributed by atoms with van der Waals surface area (Å²) in [4.78, 5) is 25.6. The highest BCUT2D eigenvalue weighted by atomic mass is 35.5. The van der Waals surface area contributed by atoms with Gasteiger partial charge in [-0.1, -0.05) is 24.4 Å². The lowest BCUT2D eigenvalue weighted by Gasteiger charge is -2.19. The zero-order valence-corrected chi connectivity index (χ0v) is 11.9. The highest BCUT2D eigenvalue weighted by Crippen LogP contribution is 2.22. The third-order valence-electron chi connectivity index (χ3n) is 3.35. The van der Waals surface area contributed by atoms with Crippen LogP contribution >= 0.6 is 11.6 Å². The first-order chi connectivity index (χ1) is 9.58. The Bertz CT molecular complexity index is 511. The number of nitrogen functional groups attached to an aromatic ring is 1. The second-order valence-electron chi connectivity index (χ2n) is 4.90. The molecule has 0 unspecified atom stereocenters. The van der Waals surface area contributed by atoms with Gasteiger partial charge >= 0.3 is 11.8 Å². The molecule has 0 saturated carbocycles. The van der Waals surface area contributed by atoms with E-state index in [-0.39, 0.29) is 0 Å². The van der Waals surface area contributed by atoms with Crippen LogP contribution in [0.25, 0.3) is 0 Å². The quantitative estimate of drug-likeness (QED) is 0.616. The molecule has 1 aliphatic heterocycles. The van der Waals surface area contributed by atoms with Crippen LogP contribution in [0.3, 0.4) is 0 Å². The molecule has 0 spiro atoms. The molecule has 2 amide bonds. The van der Waals surface area contributed by atoms with Gasteiger partial charge in [-0.25, -0.2) is 0 Å². The third kappa shape index (κ3) is 3.63. The van der Waals surface area contributed by atoms with E-state index < -0.39 is 11.8 Å². The molecule has 108 valence electrons. The van der Waals surface area contributed by atoms with E-state index in [9.17, 15) is 9.59 Å². The van der Waals surface area contributed by atoms with Crippen molar-refractivity contribution in [3.05, 3.63) is 23.2 Å². The topological polar surface area (TPSA) is 75.4 Å². The van der Waals surface area contributed by atoms with E-state index in [2.05, 4.69) is 5.32 Å². The van der Waals surface area contributed by atoms with Crippen LogP contribution in [0.2, 0.25) is 5.02 Å². The zero-order valence-electron chi connectivity index (χ0n) is 11.2. The fourth-order valence-corrected chi connectivity index (χ4v) is 2.39. The van der Waals surface area contributed by atoms with Gasteiger partial charge in [0.2, 0.25) is 0 Å². The molecule has 5 nitrogen and oxygen atoms in total. The Morgan fingerprint density at radius 3 is 2.40 bits per heavy atom. The molecule has 6 heteroatoms. The SMILES string of the molecule is Nc1ccc(NC(=O)C(=O)N2CCCCCC2)cc1Cl. The number of anilines is 2. The highest BCUT2D eigenvalue weighted by Gasteiger charge is 2.22. The highest BCUT2D eigenvalue weighted by molar-refractivity contribution is 6.40. The second-order valence-corrected chi connectivity index (χ2v) is 5.30. The molecule has 1 heterocycles. The summed E-state index contributed by atoms with van der Waals surface area (Å²) in [5, 5.41) is 2.91. The minimum Gasteiger partial charge on any atom is -0.398 e. The molecular formula is C14H18ClN3O2. The molecule has 0 aliphatic carbocycles. The van der Waals surface area contributed by atoms with Crippen LogP contribution in [0.1, 0.15) is 25.7 Å². The zero-order chi connectivity index (χ0) is 14.5. The van der Waals surface area contributed by atoms with Crippen LogP contribution in [0.15, 0.2) is 18.2 Å². The molecule has 3 N–H and O–H groups in total. The van der Waals surface area contributed by atoms with Gasteiger partial charge in [0.1, 0.15) is 0 Å². The van der Waals surface area contributed by atoms with E-state index >= 15 is 0 Å². The molecule has 1 aromatic rings. The maximum absolute atomic E-state index is 12.1.